The number of hydrogen-bond donors (Lipinski definition) is 1. The molecule has 5 heteroatoms. The molecule has 1 aromatic heterocycles. The van der Waals surface area contributed by atoms with Crippen molar-refractivity contribution in [2.75, 3.05) is 25.5 Å². The molecule has 1 aliphatic heterocycles. The zero-order valence-corrected chi connectivity index (χ0v) is 22.8. The van der Waals surface area contributed by atoms with Gasteiger partial charge in [-0.05, 0) is 65.4 Å². The Kier molecular flexibility index (Phi) is 7.97. The molecular weight excluding hydrogens is 485 g/mol. The van der Waals surface area contributed by atoms with Gasteiger partial charge in [-0.3, -0.25) is 4.98 Å². The Hall–Kier alpha value is -4.12. The van der Waals surface area contributed by atoms with Crippen LogP contribution in [-0.4, -0.2) is 30.1 Å². The van der Waals surface area contributed by atoms with Crippen molar-refractivity contribution in [1.82, 2.24) is 9.88 Å². The minimum absolute atomic E-state index is 0.261. The molecule has 5 rings (SSSR count). The third-order valence-corrected chi connectivity index (χ3v) is 7.67. The van der Waals surface area contributed by atoms with Gasteiger partial charge >= 0.3 is 0 Å². The minimum Gasteiger partial charge on any atom is -0.496 e. The number of benzene rings is 3. The topological polar surface area (TPSA) is 37.4 Å². The average molecular weight is 522 g/mol. The summed E-state index contributed by atoms with van der Waals surface area (Å²) in [6, 6.07) is 21.9. The molecule has 1 unspecified atom stereocenters. The van der Waals surface area contributed by atoms with Crippen LogP contribution in [0.5, 0.6) is 5.75 Å². The number of anilines is 1. The van der Waals surface area contributed by atoms with Gasteiger partial charge in [0.25, 0.3) is 0 Å². The lowest BCUT2D eigenvalue weighted by Crippen LogP contribution is -2.22. The fraction of sp³-hybridized carbons (Fsp3) is 0.265. The van der Waals surface area contributed by atoms with Crippen LogP contribution >= 0.6 is 0 Å². The van der Waals surface area contributed by atoms with Crippen LogP contribution in [0.25, 0.3) is 10.9 Å². The van der Waals surface area contributed by atoms with E-state index in [1.807, 2.05) is 30.3 Å². The largest absolute Gasteiger partial charge is 0.496 e. The van der Waals surface area contributed by atoms with E-state index in [0.29, 0.717) is 29.3 Å². The van der Waals surface area contributed by atoms with Gasteiger partial charge in [0.2, 0.25) is 0 Å². The Morgan fingerprint density at radius 2 is 1.87 bits per heavy atom. The second-order valence-electron chi connectivity index (χ2n) is 10.3. The van der Waals surface area contributed by atoms with Crippen LogP contribution in [0, 0.1) is 5.82 Å². The van der Waals surface area contributed by atoms with Crippen LogP contribution in [0.15, 0.2) is 97.5 Å². The molecule has 0 spiro atoms. The Morgan fingerprint density at radius 3 is 2.62 bits per heavy atom. The SMILES string of the molecule is C=C(Nc1ccc(Cc2ccnc3cc(CCC)c(OC)cc23)c(F)c1)C(=C)N1CCC(c2ccccc2)C1. The Bertz CT molecular complexity index is 1500. The molecule has 0 bridgehead atoms. The van der Waals surface area contributed by atoms with Gasteiger partial charge in [0.1, 0.15) is 11.6 Å². The predicted octanol–water partition coefficient (Wildman–Crippen LogP) is 7.85. The van der Waals surface area contributed by atoms with E-state index in [-0.39, 0.29) is 5.82 Å². The molecule has 0 aliphatic carbocycles. The van der Waals surface area contributed by atoms with E-state index >= 15 is 4.39 Å². The maximum absolute atomic E-state index is 15.3. The summed E-state index contributed by atoms with van der Waals surface area (Å²) in [6.07, 6.45) is 5.29. The fourth-order valence-corrected chi connectivity index (χ4v) is 5.50. The number of ether oxygens (including phenoxy) is 1. The molecule has 0 amide bonds. The number of rotatable bonds is 10. The first kappa shape index (κ1) is 26.5. The zero-order valence-electron chi connectivity index (χ0n) is 22.8. The highest BCUT2D eigenvalue weighted by Gasteiger charge is 2.25. The highest BCUT2D eigenvalue weighted by molar-refractivity contribution is 5.85. The first-order chi connectivity index (χ1) is 19.0. The summed E-state index contributed by atoms with van der Waals surface area (Å²) in [6.45, 7) is 12.4. The van der Waals surface area contributed by atoms with Crippen molar-refractivity contribution >= 4 is 16.6 Å². The molecule has 0 saturated carbocycles. The number of methoxy groups -OCH3 is 1. The van der Waals surface area contributed by atoms with Gasteiger partial charge in [-0.15, -0.1) is 0 Å². The second kappa shape index (κ2) is 11.7. The van der Waals surface area contributed by atoms with Gasteiger partial charge in [-0.1, -0.05) is 62.9 Å². The monoisotopic (exact) mass is 521 g/mol. The number of aryl methyl sites for hydroxylation is 1. The molecule has 4 aromatic rings. The van der Waals surface area contributed by atoms with Gasteiger partial charge in [0.05, 0.1) is 24.0 Å². The van der Waals surface area contributed by atoms with Gasteiger partial charge < -0.3 is 15.0 Å². The van der Waals surface area contributed by atoms with Gasteiger partial charge in [-0.2, -0.15) is 0 Å². The summed E-state index contributed by atoms with van der Waals surface area (Å²) in [5.74, 6) is 1.07. The van der Waals surface area contributed by atoms with E-state index < -0.39 is 0 Å². The lowest BCUT2D eigenvalue weighted by molar-refractivity contribution is 0.410. The molecule has 1 fully saturated rings. The third kappa shape index (κ3) is 5.83. The number of fused-ring (bicyclic) bond motifs is 1. The molecule has 2 heterocycles. The van der Waals surface area contributed by atoms with Crippen molar-refractivity contribution in [3.05, 3.63) is 126 Å². The molecule has 200 valence electrons. The number of likely N-dealkylation sites (tertiary alicyclic amines) is 1. The van der Waals surface area contributed by atoms with Crippen LogP contribution in [0.4, 0.5) is 10.1 Å². The molecule has 39 heavy (non-hydrogen) atoms. The summed E-state index contributed by atoms with van der Waals surface area (Å²) >= 11 is 0. The molecule has 4 nitrogen and oxygen atoms in total. The molecule has 1 N–H and O–H groups in total. The second-order valence-corrected chi connectivity index (χ2v) is 10.3. The van der Waals surface area contributed by atoms with Gasteiger partial charge in [0.15, 0.2) is 0 Å². The zero-order chi connectivity index (χ0) is 27.4. The van der Waals surface area contributed by atoms with Crippen molar-refractivity contribution in [3.8, 4) is 5.75 Å². The molecular formula is C34H36FN3O. The van der Waals surface area contributed by atoms with Gasteiger partial charge in [-0.25, -0.2) is 4.39 Å². The lowest BCUT2D eigenvalue weighted by Gasteiger charge is -2.24. The van der Waals surface area contributed by atoms with E-state index in [1.54, 1.807) is 13.3 Å². The first-order valence-electron chi connectivity index (χ1n) is 13.6. The molecule has 1 atom stereocenters. The van der Waals surface area contributed by atoms with Crippen LogP contribution < -0.4 is 10.1 Å². The number of hydrogen-bond acceptors (Lipinski definition) is 4. The van der Waals surface area contributed by atoms with Gasteiger partial charge in [0, 0.05) is 42.7 Å². The summed E-state index contributed by atoms with van der Waals surface area (Å²) in [5.41, 5.74) is 7.23. The van der Waals surface area contributed by atoms with Crippen LogP contribution in [0.2, 0.25) is 0 Å². The van der Waals surface area contributed by atoms with E-state index in [1.165, 1.54) is 11.6 Å². The summed E-state index contributed by atoms with van der Waals surface area (Å²) < 4.78 is 20.9. The van der Waals surface area contributed by atoms with E-state index in [4.69, 9.17) is 4.74 Å². The highest BCUT2D eigenvalue weighted by Crippen LogP contribution is 2.32. The smallest absolute Gasteiger partial charge is 0.128 e. The average Bonchev–Trinajstić information content (AvgIpc) is 3.45. The van der Waals surface area contributed by atoms with Crippen LogP contribution in [0.1, 0.15) is 47.9 Å². The Balaban J connectivity index is 1.27. The number of aromatic nitrogens is 1. The lowest BCUT2D eigenvalue weighted by atomic mass is 9.98. The number of pyridine rings is 1. The van der Waals surface area contributed by atoms with Crippen LogP contribution in [-0.2, 0) is 12.8 Å². The van der Waals surface area contributed by atoms with E-state index in [9.17, 15) is 0 Å². The van der Waals surface area contributed by atoms with E-state index in [0.717, 1.165) is 65.8 Å². The van der Waals surface area contributed by atoms with Crippen molar-refractivity contribution in [2.45, 2.75) is 38.5 Å². The molecule has 3 aromatic carbocycles. The van der Waals surface area contributed by atoms with Crippen molar-refractivity contribution in [1.29, 1.82) is 0 Å². The fourth-order valence-electron chi connectivity index (χ4n) is 5.50. The normalized spacial score (nSPS) is 14.9. The van der Waals surface area contributed by atoms with Crippen LogP contribution in [0.3, 0.4) is 0 Å². The molecule has 1 saturated heterocycles. The first-order valence-corrected chi connectivity index (χ1v) is 13.6. The van der Waals surface area contributed by atoms with Crippen molar-refractivity contribution in [2.24, 2.45) is 0 Å². The molecule has 0 radical (unpaired) electrons. The standard InChI is InChI=1S/C34H36FN3O/c1-5-9-28-19-33-31(21-34(28)39-4)26(14-16-36-33)18-27-12-13-30(20-32(27)35)37-23(2)24(3)38-17-15-29(22-38)25-10-7-6-8-11-25/h6-8,10-14,16,19-21,29,37H,2-3,5,9,15,17-18,22H2,1,4H3. The maximum Gasteiger partial charge on any atom is 0.128 e. The molecule has 1 aliphatic rings. The predicted molar refractivity (Wildman–Crippen MR) is 159 cm³/mol. The Morgan fingerprint density at radius 1 is 1.05 bits per heavy atom. The number of halogens is 1. The highest BCUT2D eigenvalue weighted by atomic mass is 19.1. The number of nitrogens with one attached hydrogen (secondary N) is 1. The maximum atomic E-state index is 15.3. The minimum atomic E-state index is -0.261. The third-order valence-electron chi connectivity index (χ3n) is 7.67. The summed E-state index contributed by atoms with van der Waals surface area (Å²) in [5, 5.41) is 4.25. The quantitative estimate of drug-likeness (QED) is 0.216. The van der Waals surface area contributed by atoms with E-state index in [2.05, 4.69) is 65.6 Å². The number of nitrogens with zero attached hydrogens (tertiary/aromatic N) is 2. The summed E-state index contributed by atoms with van der Waals surface area (Å²) in [7, 11) is 1.69. The van der Waals surface area contributed by atoms with Crippen molar-refractivity contribution in [3.63, 3.8) is 0 Å². The van der Waals surface area contributed by atoms with Crippen molar-refractivity contribution < 1.29 is 9.13 Å². The Labute approximate surface area is 230 Å². The summed E-state index contributed by atoms with van der Waals surface area (Å²) in [4.78, 5) is 6.82.